The van der Waals surface area contributed by atoms with Crippen LogP contribution in [0.15, 0.2) is 18.2 Å². The van der Waals surface area contributed by atoms with Crippen LogP contribution in [0.1, 0.15) is 19.4 Å². The average molecular weight is 277 g/mol. The highest BCUT2D eigenvalue weighted by Gasteiger charge is 2.21. The molecule has 7 nitrogen and oxygen atoms in total. The van der Waals surface area contributed by atoms with Crippen molar-refractivity contribution in [2.75, 3.05) is 26.6 Å². The Labute approximate surface area is 117 Å². The number of nitrogen functional groups attached to an aromatic ring is 1. The summed E-state index contributed by atoms with van der Waals surface area (Å²) in [4.78, 5) is 0. The molecule has 0 fully saturated rings. The third kappa shape index (κ3) is 2.57. The maximum absolute atomic E-state index is 6.05. The summed E-state index contributed by atoms with van der Waals surface area (Å²) in [6, 6.07) is 5.52. The fourth-order valence-electron chi connectivity index (χ4n) is 2.12. The van der Waals surface area contributed by atoms with Gasteiger partial charge in [-0.25, -0.2) is 4.68 Å². The van der Waals surface area contributed by atoms with Gasteiger partial charge in [-0.2, -0.15) is 0 Å². The van der Waals surface area contributed by atoms with Crippen molar-refractivity contribution >= 4 is 5.69 Å². The third-order valence-corrected chi connectivity index (χ3v) is 3.17. The number of nitrogens with zero attached hydrogens (tertiary/aromatic N) is 4. The predicted molar refractivity (Wildman–Crippen MR) is 75.4 cm³/mol. The van der Waals surface area contributed by atoms with Gasteiger partial charge < -0.3 is 15.2 Å². The van der Waals surface area contributed by atoms with Crippen LogP contribution in [0, 0.1) is 0 Å². The summed E-state index contributed by atoms with van der Waals surface area (Å²) in [5.74, 6) is 1.23. The van der Waals surface area contributed by atoms with Crippen molar-refractivity contribution in [3.63, 3.8) is 0 Å². The van der Waals surface area contributed by atoms with Gasteiger partial charge in [0.25, 0.3) is 0 Å². The van der Waals surface area contributed by atoms with E-state index in [0.717, 1.165) is 6.42 Å². The van der Waals surface area contributed by atoms with Gasteiger partial charge in [0.2, 0.25) is 0 Å². The van der Waals surface area contributed by atoms with E-state index in [1.54, 1.807) is 25.0 Å². The van der Waals surface area contributed by atoms with E-state index >= 15 is 0 Å². The van der Waals surface area contributed by atoms with E-state index in [4.69, 9.17) is 15.2 Å². The number of rotatable bonds is 6. The van der Waals surface area contributed by atoms with Gasteiger partial charge in [0.05, 0.1) is 25.3 Å². The number of tetrazole rings is 1. The molecule has 2 N–H and O–H groups in total. The van der Waals surface area contributed by atoms with E-state index in [9.17, 15) is 0 Å². The minimum atomic E-state index is 0.0503. The van der Waals surface area contributed by atoms with Crippen LogP contribution in [0.5, 0.6) is 5.75 Å². The van der Waals surface area contributed by atoms with Crippen LogP contribution in [0.2, 0.25) is 0 Å². The number of benzene rings is 1. The Morgan fingerprint density at radius 1 is 1.35 bits per heavy atom. The number of hydrogen-bond acceptors (Lipinski definition) is 6. The number of methoxy groups -OCH3 is 2. The van der Waals surface area contributed by atoms with Crippen LogP contribution < -0.4 is 10.5 Å². The van der Waals surface area contributed by atoms with Gasteiger partial charge in [0.1, 0.15) is 5.75 Å². The first kappa shape index (κ1) is 14.3. The second kappa shape index (κ2) is 6.33. The molecule has 7 heteroatoms. The first-order valence-corrected chi connectivity index (χ1v) is 6.42. The summed E-state index contributed by atoms with van der Waals surface area (Å²) >= 11 is 0. The van der Waals surface area contributed by atoms with E-state index in [1.807, 2.05) is 12.1 Å². The molecule has 0 radical (unpaired) electrons. The predicted octanol–water partition coefficient (Wildman–Crippen LogP) is 1.53. The Kier molecular flexibility index (Phi) is 4.52. The highest BCUT2D eigenvalue weighted by Crippen LogP contribution is 2.34. The molecule has 2 aromatic rings. The lowest BCUT2D eigenvalue weighted by atomic mass is 10.1. The third-order valence-electron chi connectivity index (χ3n) is 3.17. The molecule has 0 aliphatic rings. The van der Waals surface area contributed by atoms with Crippen LogP contribution in [0.3, 0.4) is 0 Å². The highest BCUT2D eigenvalue weighted by molar-refractivity contribution is 5.77. The first-order valence-electron chi connectivity index (χ1n) is 6.42. The van der Waals surface area contributed by atoms with E-state index in [-0.39, 0.29) is 6.04 Å². The molecule has 0 amide bonds. The van der Waals surface area contributed by atoms with Gasteiger partial charge in [-0.1, -0.05) is 13.0 Å². The number of aromatic nitrogens is 4. The van der Waals surface area contributed by atoms with E-state index in [1.165, 1.54) is 0 Å². The van der Waals surface area contributed by atoms with Gasteiger partial charge in [-0.15, -0.1) is 5.10 Å². The van der Waals surface area contributed by atoms with Crippen molar-refractivity contribution in [1.82, 2.24) is 20.2 Å². The minimum absolute atomic E-state index is 0.0503. The minimum Gasteiger partial charge on any atom is -0.496 e. The summed E-state index contributed by atoms with van der Waals surface area (Å²) < 4.78 is 12.3. The van der Waals surface area contributed by atoms with Crippen molar-refractivity contribution < 1.29 is 9.47 Å². The standard InChI is InChI=1S/C13H19N5O2/c1-4-9(8-19-2)18-13(15-16-17-18)12-10(14)6-5-7-11(12)20-3/h5-7,9H,4,8,14H2,1-3H3. The molecule has 2 rings (SSSR count). The number of ether oxygens (including phenoxy) is 2. The molecule has 0 saturated heterocycles. The van der Waals surface area contributed by atoms with Gasteiger partial charge in [0.15, 0.2) is 5.82 Å². The molecule has 0 saturated carbocycles. The molecule has 0 aliphatic heterocycles. The molecule has 1 unspecified atom stereocenters. The Balaban J connectivity index is 2.52. The van der Waals surface area contributed by atoms with Gasteiger partial charge >= 0.3 is 0 Å². The number of anilines is 1. The molecule has 1 atom stereocenters. The lowest BCUT2D eigenvalue weighted by Crippen LogP contribution is -2.17. The Hall–Kier alpha value is -2.15. The van der Waals surface area contributed by atoms with Crippen LogP contribution in [0.4, 0.5) is 5.69 Å². The SMILES string of the molecule is CCC(COC)n1nnnc1-c1c(N)cccc1OC. The molecule has 0 spiro atoms. The van der Waals surface area contributed by atoms with Crippen LogP contribution in [0.25, 0.3) is 11.4 Å². The highest BCUT2D eigenvalue weighted by atomic mass is 16.5. The van der Waals surface area contributed by atoms with Crippen molar-refractivity contribution in [3.05, 3.63) is 18.2 Å². The zero-order valence-corrected chi connectivity index (χ0v) is 11.9. The summed E-state index contributed by atoms with van der Waals surface area (Å²) in [6.45, 7) is 2.59. The lowest BCUT2D eigenvalue weighted by Gasteiger charge is -2.17. The van der Waals surface area contributed by atoms with Crippen LogP contribution >= 0.6 is 0 Å². The van der Waals surface area contributed by atoms with Crippen molar-refractivity contribution in [2.24, 2.45) is 0 Å². The molecular weight excluding hydrogens is 258 g/mol. The van der Waals surface area contributed by atoms with E-state index in [2.05, 4.69) is 22.4 Å². The lowest BCUT2D eigenvalue weighted by molar-refractivity contribution is 0.147. The molecule has 1 heterocycles. The zero-order valence-electron chi connectivity index (χ0n) is 11.9. The van der Waals surface area contributed by atoms with Gasteiger partial charge in [0, 0.05) is 12.8 Å². The molecule has 0 aliphatic carbocycles. The second-order valence-corrected chi connectivity index (χ2v) is 4.39. The maximum Gasteiger partial charge on any atom is 0.188 e. The maximum atomic E-state index is 6.05. The van der Waals surface area contributed by atoms with Crippen molar-refractivity contribution in [1.29, 1.82) is 0 Å². The first-order chi connectivity index (χ1) is 9.72. The van der Waals surface area contributed by atoms with Crippen LogP contribution in [-0.2, 0) is 4.74 Å². The molecule has 1 aromatic heterocycles. The second-order valence-electron chi connectivity index (χ2n) is 4.39. The number of nitrogens with two attached hydrogens (primary N) is 1. The quantitative estimate of drug-likeness (QED) is 0.805. The molecule has 20 heavy (non-hydrogen) atoms. The molecule has 1 aromatic carbocycles. The smallest absolute Gasteiger partial charge is 0.188 e. The van der Waals surface area contributed by atoms with Gasteiger partial charge in [-0.3, -0.25) is 0 Å². The summed E-state index contributed by atoms with van der Waals surface area (Å²) in [6.07, 6.45) is 0.848. The average Bonchev–Trinajstić information content (AvgIpc) is 2.93. The summed E-state index contributed by atoms with van der Waals surface area (Å²) in [5.41, 5.74) is 7.33. The van der Waals surface area contributed by atoms with Crippen molar-refractivity contribution in [3.8, 4) is 17.1 Å². The Bertz CT molecular complexity index is 570. The molecule has 108 valence electrons. The largest absolute Gasteiger partial charge is 0.496 e. The molecule has 0 bridgehead atoms. The monoisotopic (exact) mass is 277 g/mol. The van der Waals surface area contributed by atoms with E-state index in [0.29, 0.717) is 29.4 Å². The number of hydrogen-bond donors (Lipinski definition) is 1. The van der Waals surface area contributed by atoms with E-state index < -0.39 is 0 Å². The topological polar surface area (TPSA) is 88.1 Å². The zero-order chi connectivity index (χ0) is 14.5. The Morgan fingerprint density at radius 3 is 2.80 bits per heavy atom. The van der Waals surface area contributed by atoms with Crippen molar-refractivity contribution in [2.45, 2.75) is 19.4 Å². The van der Waals surface area contributed by atoms with Crippen LogP contribution in [-0.4, -0.2) is 41.0 Å². The summed E-state index contributed by atoms with van der Waals surface area (Å²) in [7, 11) is 3.25. The Morgan fingerprint density at radius 2 is 2.15 bits per heavy atom. The normalized spacial score (nSPS) is 12.3. The fraction of sp³-hybridized carbons (Fsp3) is 0.462. The summed E-state index contributed by atoms with van der Waals surface area (Å²) in [5, 5.41) is 11.9. The molecular formula is C13H19N5O2. The van der Waals surface area contributed by atoms with Gasteiger partial charge in [-0.05, 0) is 29.0 Å². The fourth-order valence-corrected chi connectivity index (χ4v) is 2.12.